The molecule has 0 amide bonds. The van der Waals surface area contributed by atoms with Crippen molar-refractivity contribution in [1.82, 2.24) is 0 Å². The van der Waals surface area contributed by atoms with Crippen LogP contribution in [0.1, 0.15) is 0 Å². The lowest BCUT2D eigenvalue weighted by Crippen LogP contribution is -1.77. The zero-order chi connectivity index (χ0) is 11.5. The summed E-state index contributed by atoms with van der Waals surface area (Å²) in [5.74, 6) is 0. The molecule has 0 aliphatic carbocycles. The normalized spacial score (nSPS) is 10.4. The Kier molecular flexibility index (Phi) is 4.20. The lowest BCUT2D eigenvalue weighted by molar-refractivity contribution is 1.37. The summed E-state index contributed by atoms with van der Waals surface area (Å²) in [7, 11) is 0. The van der Waals surface area contributed by atoms with Gasteiger partial charge in [0.1, 0.15) is 0 Å². The van der Waals surface area contributed by atoms with Gasteiger partial charge in [0.25, 0.3) is 0 Å². The first-order chi connectivity index (χ1) is 7.66. The summed E-state index contributed by atoms with van der Waals surface area (Å²) in [6.07, 6.45) is 0. The molecule has 82 valence electrons. The van der Waals surface area contributed by atoms with Gasteiger partial charge in [0.05, 0.1) is 5.02 Å². The lowest BCUT2D eigenvalue weighted by atomic mass is 10.4. The van der Waals surface area contributed by atoms with Gasteiger partial charge in [-0.2, -0.15) is 0 Å². The number of benzene rings is 2. The zero-order valence-electron chi connectivity index (χ0n) is 8.08. The van der Waals surface area contributed by atoms with E-state index >= 15 is 0 Å². The van der Waals surface area contributed by atoms with Crippen LogP contribution >= 0.6 is 50.9 Å². The molecule has 0 heterocycles. The van der Waals surface area contributed by atoms with E-state index in [4.69, 9.17) is 23.2 Å². The van der Waals surface area contributed by atoms with E-state index in [9.17, 15) is 0 Å². The van der Waals surface area contributed by atoms with E-state index < -0.39 is 0 Å². The smallest absolute Gasteiger partial charge is 0.0545 e. The molecular weight excluding hydrogens is 327 g/mol. The fraction of sp³-hybridized carbons (Fsp3) is 0. The zero-order valence-corrected chi connectivity index (χ0v) is 12.0. The van der Waals surface area contributed by atoms with E-state index in [1.54, 1.807) is 11.8 Å². The monoisotopic (exact) mass is 332 g/mol. The fourth-order valence-corrected chi connectivity index (χ4v) is 3.22. The Morgan fingerprint density at radius 1 is 0.938 bits per heavy atom. The summed E-state index contributed by atoms with van der Waals surface area (Å²) in [4.78, 5) is 2.13. The molecule has 0 aliphatic heterocycles. The van der Waals surface area contributed by atoms with E-state index in [-0.39, 0.29) is 0 Å². The van der Waals surface area contributed by atoms with Crippen LogP contribution in [0.3, 0.4) is 0 Å². The van der Waals surface area contributed by atoms with Crippen LogP contribution in [0.15, 0.2) is 56.7 Å². The van der Waals surface area contributed by atoms with Crippen LogP contribution < -0.4 is 0 Å². The van der Waals surface area contributed by atoms with E-state index in [0.29, 0.717) is 0 Å². The molecule has 2 aromatic rings. The van der Waals surface area contributed by atoms with E-state index in [1.165, 1.54) is 0 Å². The highest BCUT2D eigenvalue weighted by molar-refractivity contribution is 9.10. The predicted molar refractivity (Wildman–Crippen MR) is 74.7 cm³/mol. The van der Waals surface area contributed by atoms with Crippen LogP contribution in [0.25, 0.3) is 0 Å². The lowest BCUT2D eigenvalue weighted by Gasteiger charge is -2.06. The Morgan fingerprint density at radius 3 is 2.38 bits per heavy atom. The third-order valence-corrected chi connectivity index (χ3v) is 4.70. The highest BCUT2D eigenvalue weighted by Crippen LogP contribution is 2.37. The Morgan fingerprint density at radius 2 is 1.69 bits per heavy atom. The molecule has 0 N–H and O–H groups in total. The number of hydrogen-bond acceptors (Lipinski definition) is 1. The van der Waals surface area contributed by atoms with Crippen molar-refractivity contribution in [2.75, 3.05) is 0 Å². The summed E-state index contributed by atoms with van der Waals surface area (Å²) in [6.45, 7) is 0. The van der Waals surface area contributed by atoms with Gasteiger partial charge >= 0.3 is 0 Å². The van der Waals surface area contributed by atoms with Crippen LogP contribution in [0.2, 0.25) is 10.0 Å². The third kappa shape index (κ3) is 2.95. The molecule has 0 saturated carbocycles. The second-order valence-corrected chi connectivity index (χ2v) is 5.89. The molecule has 0 aliphatic rings. The van der Waals surface area contributed by atoms with Crippen LogP contribution in [0.4, 0.5) is 0 Å². The first kappa shape index (κ1) is 12.3. The second kappa shape index (κ2) is 5.46. The first-order valence-corrected chi connectivity index (χ1v) is 6.91. The summed E-state index contributed by atoms with van der Waals surface area (Å²) in [5.41, 5.74) is 0. The van der Waals surface area contributed by atoms with Gasteiger partial charge in [-0.15, -0.1) is 0 Å². The molecule has 0 radical (unpaired) electrons. The summed E-state index contributed by atoms with van der Waals surface area (Å²) in [6, 6.07) is 13.5. The highest BCUT2D eigenvalue weighted by atomic mass is 79.9. The summed E-state index contributed by atoms with van der Waals surface area (Å²) >= 11 is 17.1. The number of halogens is 3. The SMILES string of the molecule is Clc1ccc(Sc2ccccc2Cl)c(Br)c1. The molecule has 0 saturated heterocycles. The Bertz CT molecular complexity index is 514. The van der Waals surface area contributed by atoms with Gasteiger partial charge in [0.2, 0.25) is 0 Å². The largest absolute Gasteiger partial charge is 0.0873 e. The second-order valence-electron chi connectivity index (χ2n) is 3.11. The average molecular weight is 334 g/mol. The third-order valence-electron chi connectivity index (χ3n) is 1.95. The van der Waals surface area contributed by atoms with Crippen molar-refractivity contribution in [3.63, 3.8) is 0 Å². The van der Waals surface area contributed by atoms with Crippen molar-refractivity contribution >= 4 is 50.9 Å². The van der Waals surface area contributed by atoms with Crippen molar-refractivity contribution in [3.05, 3.63) is 57.0 Å². The summed E-state index contributed by atoms with van der Waals surface area (Å²) < 4.78 is 0.977. The molecule has 4 heteroatoms. The molecule has 0 atom stereocenters. The highest BCUT2D eigenvalue weighted by Gasteiger charge is 2.05. The average Bonchev–Trinajstić information content (AvgIpc) is 2.25. The maximum atomic E-state index is 6.10. The number of hydrogen-bond donors (Lipinski definition) is 0. The Labute approximate surface area is 117 Å². The van der Waals surface area contributed by atoms with Crippen LogP contribution in [0.5, 0.6) is 0 Å². The predicted octanol–water partition coefficient (Wildman–Crippen LogP) is 5.91. The molecule has 0 aromatic heterocycles. The van der Waals surface area contributed by atoms with Gasteiger partial charge in [-0.25, -0.2) is 0 Å². The van der Waals surface area contributed by atoms with Gasteiger partial charge in [0, 0.05) is 19.3 Å². The van der Waals surface area contributed by atoms with Gasteiger partial charge in [-0.1, -0.05) is 47.1 Å². The van der Waals surface area contributed by atoms with Gasteiger partial charge in [0.15, 0.2) is 0 Å². The Hall–Kier alpha value is -0.150. The van der Waals surface area contributed by atoms with Crippen molar-refractivity contribution < 1.29 is 0 Å². The van der Waals surface area contributed by atoms with Crippen molar-refractivity contribution in [3.8, 4) is 0 Å². The standard InChI is InChI=1S/C12H7BrCl2S/c13-9-7-8(14)5-6-11(9)16-12-4-2-1-3-10(12)15/h1-7H. The van der Waals surface area contributed by atoms with Crippen LogP contribution in [0, 0.1) is 0 Å². The van der Waals surface area contributed by atoms with E-state index in [0.717, 1.165) is 24.3 Å². The maximum absolute atomic E-state index is 6.10. The molecule has 16 heavy (non-hydrogen) atoms. The molecule has 2 rings (SSSR count). The fourth-order valence-electron chi connectivity index (χ4n) is 1.20. The maximum Gasteiger partial charge on any atom is 0.0545 e. The van der Waals surface area contributed by atoms with Gasteiger partial charge < -0.3 is 0 Å². The molecule has 0 spiro atoms. The van der Waals surface area contributed by atoms with Crippen molar-refractivity contribution in [1.29, 1.82) is 0 Å². The molecule has 0 bridgehead atoms. The number of rotatable bonds is 2. The molecule has 0 nitrogen and oxygen atoms in total. The first-order valence-electron chi connectivity index (χ1n) is 4.54. The van der Waals surface area contributed by atoms with E-state index in [2.05, 4.69) is 15.9 Å². The molecular formula is C12H7BrCl2S. The Balaban J connectivity index is 2.31. The van der Waals surface area contributed by atoms with Gasteiger partial charge in [-0.05, 0) is 46.3 Å². The quantitative estimate of drug-likeness (QED) is 0.658. The van der Waals surface area contributed by atoms with Crippen molar-refractivity contribution in [2.24, 2.45) is 0 Å². The van der Waals surface area contributed by atoms with Crippen LogP contribution in [-0.4, -0.2) is 0 Å². The van der Waals surface area contributed by atoms with Gasteiger partial charge in [-0.3, -0.25) is 0 Å². The van der Waals surface area contributed by atoms with E-state index in [1.807, 2.05) is 42.5 Å². The molecule has 2 aromatic carbocycles. The minimum Gasteiger partial charge on any atom is -0.0873 e. The topological polar surface area (TPSA) is 0 Å². The summed E-state index contributed by atoms with van der Waals surface area (Å²) in [5, 5.41) is 1.48. The minimum atomic E-state index is 0.718. The molecule has 0 unspecified atom stereocenters. The van der Waals surface area contributed by atoms with Crippen molar-refractivity contribution in [2.45, 2.75) is 9.79 Å². The molecule has 0 fully saturated rings. The van der Waals surface area contributed by atoms with Crippen LogP contribution in [-0.2, 0) is 0 Å². The minimum absolute atomic E-state index is 0.718.